The number of hydrogen-bond acceptors (Lipinski definition) is 4. The molecule has 6 heteroatoms. The highest BCUT2D eigenvalue weighted by molar-refractivity contribution is 7.99. The minimum atomic E-state index is -0.284. The smallest absolute Gasteiger partial charge is 0.261 e. The molecule has 0 bridgehead atoms. The number of amides is 3. The first kappa shape index (κ1) is 19.8. The van der Waals surface area contributed by atoms with Crippen molar-refractivity contribution < 1.29 is 14.4 Å². The summed E-state index contributed by atoms with van der Waals surface area (Å²) in [5.41, 5.74) is 2.26. The summed E-state index contributed by atoms with van der Waals surface area (Å²) in [6.07, 6.45) is 1.61. The van der Waals surface area contributed by atoms with Gasteiger partial charge in [-0.05, 0) is 42.0 Å². The molecule has 0 radical (unpaired) electrons. The van der Waals surface area contributed by atoms with Crippen LogP contribution < -0.4 is 5.32 Å². The molecule has 3 aromatic carbocycles. The van der Waals surface area contributed by atoms with Crippen LogP contribution in [0.25, 0.3) is 10.8 Å². The summed E-state index contributed by atoms with van der Waals surface area (Å²) in [7, 11) is 0. The van der Waals surface area contributed by atoms with E-state index in [1.54, 1.807) is 12.1 Å². The van der Waals surface area contributed by atoms with Crippen LogP contribution in [0.3, 0.4) is 0 Å². The zero-order valence-electron chi connectivity index (χ0n) is 17.0. The monoisotopic (exact) mass is 430 g/mol. The van der Waals surface area contributed by atoms with E-state index in [-0.39, 0.29) is 36.7 Å². The topological polar surface area (TPSA) is 66.5 Å². The molecular formula is C25H22N2O3S. The van der Waals surface area contributed by atoms with Crippen LogP contribution in [-0.2, 0) is 4.79 Å². The first-order valence-corrected chi connectivity index (χ1v) is 11.5. The Hall–Kier alpha value is -3.12. The molecule has 0 aromatic heterocycles. The molecule has 0 saturated carbocycles. The zero-order valence-corrected chi connectivity index (χ0v) is 17.8. The van der Waals surface area contributed by atoms with Gasteiger partial charge >= 0.3 is 0 Å². The maximum Gasteiger partial charge on any atom is 0.261 e. The lowest BCUT2D eigenvalue weighted by Gasteiger charge is -2.28. The van der Waals surface area contributed by atoms with Gasteiger partial charge in [-0.15, -0.1) is 11.8 Å². The van der Waals surface area contributed by atoms with Gasteiger partial charge in [-0.25, -0.2) is 0 Å². The summed E-state index contributed by atoms with van der Waals surface area (Å²) in [6, 6.07) is 19.2. The number of rotatable bonds is 5. The van der Waals surface area contributed by atoms with Crippen LogP contribution >= 0.6 is 11.8 Å². The number of fused-ring (bicyclic) bond motifs is 1. The van der Waals surface area contributed by atoms with Gasteiger partial charge in [0.1, 0.15) is 0 Å². The molecule has 1 atom stereocenters. The van der Waals surface area contributed by atoms with Crippen LogP contribution in [-0.4, -0.2) is 34.9 Å². The average molecular weight is 431 g/mol. The molecule has 5 nitrogen and oxygen atoms in total. The van der Waals surface area contributed by atoms with Crippen LogP contribution in [0.15, 0.2) is 65.6 Å². The number of thioether (sulfide) groups is 1. The van der Waals surface area contributed by atoms with Gasteiger partial charge in [-0.3, -0.25) is 19.3 Å². The van der Waals surface area contributed by atoms with E-state index in [2.05, 4.69) is 17.4 Å². The second kappa shape index (κ2) is 8.19. The molecule has 1 N–H and O–H groups in total. The number of nitrogens with zero attached hydrogens (tertiary/aromatic N) is 1. The number of nitrogens with one attached hydrogen (secondary N) is 1. The highest BCUT2D eigenvalue weighted by Crippen LogP contribution is 2.36. The fraction of sp³-hybridized carbons (Fsp3) is 0.240. The molecule has 0 aliphatic carbocycles. The van der Waals surface area contributed by atoms with Crippen LogP contribution in [0.5, 0.6) is 0 Å². The van der Waals surface area contributed by atoms with E-state index in [1.807, 2.05) is 48.2 Å². The van der Waals surface area contributed by atoms with Gasteiger partial charge in [0.2, 0.25) is 5.91 Å². The van der Waals surface area contributed by atoms with Gasteiger partial charge in [-0.1, -0.05) is 42.5 Å². The highest BCUT2D eigenvalue weighted by Gasteiger charge is 2.32. The minimum Gasteiger partial charge on any atom is -0.349 e. The van der Waals surface area contributed by atoms with Crippen molar-refractivity contribution in [1.29, 1.82) is 0 Å². The van der Waals surface area contributed by atoms with E-state index in [0.29, 0.717) is 17.5 Å². The normalized spacial score (nSPS) is 17.5. The maximum atomic E-state index is 12.9. The molecule has 1 unspecified atom stereocenters. The van der Waals surface area contributed by atoms with E-state index < -0.39 is 0 Å². The first-order valence-electron chi connectivity index (χ1n) is 10.5. The van der Waals surface area contributed by atoms with E-state index >= 15 is 0 Å². The summed E-state index contributed by atoms with van der Waals surface area (Å²) < 4.78 is 0. The van der Waals surface area contributed by atoms with Gasteiger partial charge in [0.05, 0.1) is 6.04 Å². The van der Waals surface area contributed by atoms with Crippen LogP contribution in [0.1, 0.15) is 51.6 Å². The van der Waals surface area contributed by atoms with E-state index in [1.165, 1.54) is 9.80 Å². The standard InChI is InChI=1S/C25H22N2O3S/c28-22(26-20-13-15-31-21-11-2-1-8-17(20)21)12-5-14-27-24(29)18-9-3-6-16-7-4-10-19(23(16)18)25(27)30/h1-4,6-11,20H,5,12-15H2,(H,26,28). The molecule has 3 aromatic rings. The Morgan fingerprint density at radius 1 is 0.968 bits per heavy atom. The summed E-state index contributed by atoms with van der Waals surface area (Å²) >= 11 is 1.82. The number of carbonyl (C=O) groups is 3. The Kier molecular flexibility index (Phi) is 5.24. The average Bonchev–Trinajstić information content (AvgIpc) is 2.80. The van der Waals surface area contributed by atoms with E-state index in [4.69, 9.17) is 0 Å². The second-order valence-corrected chi connectivity index (χ2v) is 9.01. The third kappa shape index (κ3) is 3.61. The lowest BCUT2D eigenvalue weighted by molar-refractivity contribution is -0.122. The summed E-state index contributed by atoms with van der Waals surface area (Å²) in [5.74, 6) is 0.357. The quantitative estimate of drug-likeness (QED) is 0.602. The molecule has 2 aliphatic heterocycles. The van der Waals surface area contributed by atoms with E-state index in [0.717, 1.165) is 28.5 Å². The van der Waals surface area contributed by atoms with Gasteiger partial charge in [0, 0.05) is 40.1 Å². The van der Waals surface area contributed by atoms with Crippen molar-refractivity contribution in [1.82, 2.24) is 10.2 Å². The van der Waals surface area contributed by atoms with Gasteiger partial charge in [0.15, 0.2) is 0 Å². The van der Waals surface area contributed by atoms with Gasteiger partial charge < -0.3 is 5.32 Å². The first-order chi connectivity index (χ1) is 15.1. The van der Waals surface area contributed by atoms with Crippen molar-refractivity contribution in [3.05, 3.63) is 77.4 Å². The molecule has 2 aliphatic rings. The Morgan fingerprint density at radius 3 is 2.42 bits per heavy atom. The fourth-order valence-corrected chi connectivity index (χ4v) is 5.57. The largest absolute Gasteiger partial charge is 0.349 e. The summed E-state index contributed by atoms with van der Waals surface area (Å²) in [5, 5.41) is 4.74. The Labute approximate surface area is 184 Å². The molecule has 31 heavy (non-hydrogen) atoms. The predicted molar refractivity (Wildman–Crippen MR) is 121 cm³/mol. The van der Waals surface area contributed by atoms with Gasteiger partial charge in [-0.2, -0.15) is 0 Å². The van der Waals surface area contributed by atoms with Crippen molar-refractivity contribution in [2.75, 3.05) is 12.3 Å². The van der Waals surface area contributed by atoms with Crippen molar-refractivity contribution in [3.8, 4) is 0 Å². The highest BCUT2D eigenvalue weighted by atomic mass is 32.2. The van der Waals surface area contributed by atoms with E-state index in [9.17, 15) is 14.4 Å². The minimum absolute atomic E-state index is 0.0210. The van der Waals surface area contributed by atoms with Crippen molar-refractivity contribution in [2.45, 2.75) is 30.2 Å². The Morgan fingerprint density at radius 2 is 1.68 bits per heavy atom. The van der Waals surface area contributed by atoms with Crippen LogP contribution in [0.4, 0.5) is 0 Å². The molecule has 2 heterocycles. The maximum absolute atomic E-state index is 12.9. The number of hydrogen-bond donors (Lipinski definition) is 1. The lowest BCUT2D eigenvalue weighted by Crippen LogP contribution is -2.41. The number of imide groups is 1. The van der Waals surface area contributed by atoms with Crippen molar-refractivity contribution in [3.63, 3.8) is 0 Å². The number of carbonyl (C=O) groups excluding carboxylic acids is 3. The molecule has 0 fully saturated rings. The fourth-order valence-electron chi connectivity index (χ4n) is 4.44. The van der Waals surface area contributed by atoms with Crippen LogP contribution in [0, 0.1) is 0 Å². The Balaban J connectivity index is 1.24. The Bertz CT molecular complexity index is 1160. The second-order valence-electron chi connectivity index (χ2n) is 7.87. The number of benzene rings is 3. The summed E-state index contributed by atoms with van der Waals surface area (Å²) in [6.45, 7) is 0.229. The molecule has 5 rings (SSSR count). The SMILES string of the molecule is O=C(CCCN1C(=O)c2cccc3cccc(c23)C1=O)NC1CCSc2ccccc21. The van der Waals surface area contributed by atoms with Gasteiger partial charge in [0.25, 0.3) is 11.8 Å². The van der Waals surface area contributed by atoms with Crippen LogP contribution in [0.2, 0.25) is 0 Å². The summed E-state index contributed by atoms with van der Waals surface area (Å²) in [4.78, 5) is 41.0. The van der Waals surface area contributed by atoms with Crippen molar-refractivity contribution >= 4 is 40.3 Å². The molecular weight excluding hydrogens is 408 g/mol. The third-order valence-corrected chi connectivity index (χ3v) is 7.06. The van der Waals surface area contributed by atoms with Crippen molar-refractivity contribution in [2.24, 2.45) is 0 Å². The molecule has 0 spiro atoms. The lowest BCUT2D eigenvalue weighted by atomic mass is 9.94. The predicted octanol–water partition coefficient (Wildman–Crippen LogP) is 4.57. The molecule has 3 amide bonds. The third-order valence-electron chi connectivity index (χ3n) is 5.94. The molecule has 0 saturated heterocycles. The zero-order chi connectivity index (χ0) is 21.4. The molecule has 156 valence electrons.